The van der Waals surface area contributed by atoms with Crippen LogP contribution in [0, 0.1) is 11.8 Å². The zero-order chi connectivity index (χ0) is 31.5. The van der Waals surface area contributed by atoms with Crippen LogP contribution in [0.25, 0.3) is 5.76 Å². The summed E-state index contributed by atoms with van der Waals surface area (Å²) < 4.78 is 5.48. The SMILES string of the molecule is C[C@@H]1c2ccc(NCC(=O)NCC3CCCO3)c(O)c2C(O)=C2C(=O)[C@@]3(O)C(O)=C(C(N)=O)C(=O)[C@@H](N(C)C)[C@H]3[C@H](O)[C@H]21. The maximum absolute atomic E-state index is 14.1. The van der Waals surface area contributed by atoms with Gasteiger partial charge in [0.2, 0.25) is 11.7 Å². The monoisotopic (exact) mass is 600 g/mol. The lowest BCUT2D eigenvalue weighted by Crippen LogP contribution is -2.70. The average Bonchev–Trinajstić information content (AvgIpc) is 3.47. The van der Waals surface area contributed by atoms with E-state index in [9.17, 15) is 44.7 Å². The van der Waals surface area contributed by atoms with Crippen LogP contribution in [0.1, 0.15) is 36.8 Å². The minimum Gasteiger partial charge on any atom is -0.508 e. The molecule has 5 rings (SSSR count). The van der Waals surface area contributed by atoms with E-state index in [4.69, 9.17) is 10.5 Å². The van der Waals surface area contributed by atoms with Crippen molar-refractivity contribution >= 4 is 34.8 Å². The van der Waals surface area contributed by atoms with Gasteiger partial charge in [-0.2, -0.15) is 0 Å². The van der Waals surface area contributed by atoms with E-state index in [1.165, 1.54) is 25.1 Å². The summed E-state index contributed by atoms with van der Waals surface area (Å²) in [5, 5.41) is 62.6. The zero-order valence-corrected chi connectivity index (χ0v) is 24.0. The van der Waals surface area contributed by atoms with E-state index in [0.29, 0.717) is 18.7 Å². The van der Waals surface area contributed by atoms with Crippen molar-refractivity contribution in [3.05, 3.63) is 40.2 Å². The third kappa shape index (κ3) is 4.56. The number of aromatic hydroxyl groups is 1. The molecular formula is C29H36N4O10. The molecule has 1 saturated heterocycles. The molecule has 1 aromatic rings. The first-order valence-corrected chi connectivity index (χ1v) is 14.0. The maximum atomic E-state index is 14.1. The van der Waals surface area contributed by atoms with Crippen molar-refractivity contribution in [2.24, 2.45) is 17.6 Å². The number of fused-ring (bicyclic) bond motifs is 3. The number of amides is 2. The van der Waals surface area contributed by atoms with Crippen LogP contribution in [0.4, 0.5) is 5.69 Å². The third-order valence-electron chi connectivity index (χ3n) is 9.12. The molecule has 43 heavy (non-hydrogen) atoms. The highest BCUT2D eigenvalue weighted by molar-refractivity contribution is 6.24. The van der Waals surface area contributed by atoms with E-state index in [2.05, 4.69) is 10.6 Å². The van der Waals surface area contributed by atoms with Crippen molar-refractivity contribution in [3.63, 3.8) is 0 Å². The highest BCUT2D eigenvalue weighted by atomic mass is 16.5. The molecule has 14 nitrogen and oxygen atoms in total. The molecule has 1 unspecified atom stereocenters. The lowest BCUT2D eigenvalue weighted by Gasteiger charge is -2.53. The van der Waals surface area contributed by atoms with Gasteiger partial charge in [0.25, 0.3) is 5.91 Å². The summed E-state index contributed by atoms with van der Waals surface area (Å²) >= 11 is 0. The average molecular weight is 601 g/mol. The Balaban J connectivity index is 1.54. The number of nitrogens with zero attached hydrogens (tertiary/aromatic N) is 1. The van der Waals surface area contributed by atoms with Crippen LogP contribution < -0.4 is 16.4 Å². The van der Waals surface area contributed by atoms with Crippen LogP contribution >= 0.6 is 0 Å². The highest BCUT2D eigenvalue weighted by Crippen LogP contribution is 2.56. The first-order valence-electron chi connectivity index (χ1n) is 14.0. The Hall–Kier alpha value is -3.98. The number of likely N-dealkylation sites (N-methyl/N-ethyl adjacent to an activating group) is 1. The Labute approximate surface area is 246 Å². The van der Waals surface area contributed by atoms with Crippen LogP contribution in [0.15, 0.2) is 29.0 Å². The molecule has 4 aliphatic rings. The van der Waals surface area contributed by atoms with Gasteiger partial charge < -0.3 is 46.6 Å². The minimum atomic E-state index is -2.99. The van der Waals surface area contributed by atoms with E-state index in [-0.39, 0.29) is 29.8 Å². The summed E-state index contributed by atoms with van der Waals surface area (Å²) in [6.07, 6.45) is 0.0388. The van der Waals surface area contributed by atoms with Crippen molar-refractivity contribution in [2.75, 3.05) is 39.1 Å². The van der Waals surface area contributed by atoms with E-state index >= 15 is 0 Å². The van der Waals surface area contributed by atoms with E-state index in [1.807, 2.05) is 0 Å². The van der Waals surface area contributed by atoms with Gasteiger partial charge in [-0.3, -0.25) is 24.1 Å². The quantitative estimate of drug-likeness (QED) is 0.142. The number of ether oxygens (including phenoxy) is 1. The number of Topliss-reactive ketones (excluding diaryl/α,β-unsaturated/α-hetero) is 2. The predicted molar refractivity (Wildman–Crippen MR) is 151 cm³/mol. The molecular weight excluding hydrogens is 564 g/mol. The number of aliphatic hydroxyl groups excluding tert-OH is 3. The maximum Gasteiger partial charge on any atom is 0.255 e. The molecule has 9 N–H and O–H groups in total. The summed E-state index contributed by atoms with van der Waals surface area (Å²) in [7, 11) is 2.89. The zero-order valence-electron chi connectivity index (χ0n) is 24.0. The first kappa shape index (κ1) is 30.5. The van der Waals surface area contributed by atoms with Crippen molar-refractivity contribution in [3.8, 4) is 5.75 Å². The molecule has 1 heterocycles. The topological polar surface area (TPSA) is 232 Å². The third-order valence-corrected chi connectivity index (χ3v) is 9.12. The molecule has 7 atom stereocenters. The first-order chi connectivity index (χ1) is 20.2. The number of anilines is 1. The van der Waals surface area contributed by atoms with Crippen molar-refractivity contribution in [2.45, 2.75) is 49.5 Å². The van der Waals surface area contributed by atoms with Gasteiger partial charge in [0.1, 0.15) is 22.8 Å². The predicted octanol–water partition coefficient (Wildman–Crippen LogP) is -0.797. The summed E-state index contributed by atoms with van der Waals surface area (Å²) in [6.45, 7) is 2.41. The smallest absolute Gasteiger partial charge is 0.255 e. The van der Waals surface area contributed by atoms with Gasteiger partial charge >= 0.3 is 0 Å². The van der Waals surface area contributed by atoms with Gasteiger partial charge in [0.15, 0.2) is 11.4 Å². The number of rotatable bonds is 7. The highest BCUT2D eigenvalue weighted by Gasteiger charge is 2.68. The number of nitrogens with one attached hydrogen (secondary N) is 2. The number of aliphatic hydroxyl groups is 4. The number of hydrogen-bond donors (Lipinski definition) is 8. The molecule has 2 amide bonds. The molecule has 0 spiro atoms. The molecule has 1 aromatic carbocycles. The normalized spacial score (nSPS) is 32.0. The van der Waals surface area contributed by atoms with Crippen LogP contribution in [-0.2, 0) is 23.9 Å². The van der Waals surface area contributed by atoms with Crippen molar-refractivity contribution < 1.29 is 49.4 Å². The summed E-state index contributed by atoms with van der Waals surface area (Å²) in [5.41, 5.74) is 1.14. The van der Waals surface area contributed by atoms with E-state index in [1.54, 1.807) is 13.0 Å². The van der Waals surface area contributed by atoms with Gasteiger partial charge in [-0.05, 0) is 44.5 Å². The van der Waals surface area contributed by atoms with E-state index in [0.717, 1.165) is 12.8 Å². The fourth-order valence-corrected chi connectivity index (χ4v) is 7.03. The second-order valence-corrected chi connectivity index (χ2v) is 11.8. The van der Waals surface area contributed by atoms with Crippen LogP contribution in [-0.4, -0.2) is 111 Å². The van der Waals surface area contributed by atoms with Crippen molar-refractivity contribution in [1.29, 1.82) is 0 Å². The fourth-order valence-electron chi connectivity index (χ4n) is 7.03. The lowest BCUT2D eigenvalue weighted by atomic mass is 9.54. The second kappa shape index (κ2) is 10.9. The lowest BCUT2D eigenvalue weighted by molar-refractivity contribution is -0.169. The molecule has 0 aromatic heterocycles. The van der Waals surface area contributed by atoms with Gasteiger partial charge in [-0.25, -0.2) is 0 Å². The van der Waals surface area contributed by atoms with Crippen LogP contribution in [0.3, 0.4) is 0 Å². The molecule has 232 valence electrons. The molecule has 3 aliphatic carbocycles. The number of hydrogen-bond acceptors (Lipinski definition) is 12. The number of benzene rings is 1. The number of primary amides is 1. The summed E-state index contributed by atoms with van der Waals surface area (Å²) in [4.78, 5) is 53.1. The number of nitrogens with two attached hydrogens (primary N) is 1. The number of carbonyl (C=O) groups excluding carboxylic acids is 4. The van der Waals surface area contributed by atoms with Gasteiger partial charge in [0.05, 0.1) is 42.0 Å². The molecule has 1 saturated carbocycles. The van der Waals surface area contributed by atoms with E-state index < -0.39 is 81.4 Å². The summed E-state index contributed by atoms with van der Waals surface area (Å²) in [6, 6.07) is 1.63. The second-order valence-electron chi connectivity index (χ2n) is 11.8. The number of ketones is 2. The number of phenols is 1. The molecule has 14 heteroatoms. The Morgan fingerprint density at radius 3 is 2.49 bits per heavy atom. The van der Waals surface area contributed by atoms with Crippen molar-refractivity contribution in [1.82, 2.24) is 10.2 Å². The minimum absolute atomic E-state index is 0.0551. The molecule has 2 fully saturated rings. The molecule has 1 aliphatic heterocycles. The largest absolute Gasteiger partial charge is 0.508 e. The summed E-state index contributed by atoms with van der Waals surface area (Å²) in [5.74, 6) is -10.0. The van der Waals surface area contributed by atoms with Gasteiger partial charge in [-0.15, -0.1) is 0 Å². The molecule has 0 radical (unpaired) electrons. The van der Waals surface area contributed by atoms with Crippen LogP contribution in [0.5, 0.6) is 5.75 Å². The van der Waals surface area contributed by atoms with Gasteiger partial charge in [-0.1, -0.05) is 13.0 Å². The Bertz CT molecular complexity index is 1460. The Kier molecular flexibility index (Phi) is 7.75. The van der Waals surface area contributed by atoms with Gasteiger partial charge in [0, 0.05) is 24.6 Å². The molecule has 0 bridgehead atoms. The van der Waals surface area contributed by atoms with Crippen LogP contribution in [0.2, 0.25) is 0 Å². The Morgan fingerprint density at radius 2 is 1.88 bits per heavy atom. The number of phenolic OH excluding ortho intramolecular Hbond substituents is 1. The number of carbonyl (C=O) groups is 4. The fraction of sp³-hybridized carbons (Fsp3) is 0.517. The standard InChI is InChI=1S/C29H36N4O10/c1-11-13-6-7-14(31-10-15(34)32-9-12-5-4-8-43-12)22(35)17(13)23(36)18-16(11)24(37)20-21(33(2)3)25(38)19(28(30)41)27(40)29(20,42)26(18)39/h6-7,11-12,16,20-21,24,31,35-37,40,42H,4-5,8-10H2,1-3H3,(H2,30,41)(H,32,34)/t11-,12?,16+,20+,21+,24-,29-/m1/s1. The Morgan fingerprint density at radius 1 is 1.19 bits per heavy atom.